The summed E-state index contributed by atoms with van der Waals surface area (Å²) in [5.41, 5.74) is 5.92. The minimum absolute atomic E-state index is 0.0229. The Kier molecular flexibility index (Phi) is 6.81. The molecule has 2 aromatic rings. The molecule has 0 spiro atoms. The quantitative estimate of drug-likeness (QED) is 0.430. The average molecular weight is 414 g/mol. The van der Waals surface area contributed by atoms with Crippen molar-refractivity contribution in [3.63, 3.8) is 0 Å². The van der Waals surface area contributed by atoms with Crippen LogP contribution in [-0.4, -0.2) is 30.5 Å². The smallest absolute Gasteiger partial charge is 0.339 e. The van der Waals surface area contributed by atoms with Gasteiger partial charge in [-0.15, -0.1) is 0 Å². The Hall–Kier alpha value is -3.42. The van der Waals surface area contributed by atoms with E-state index in [1.165, 1.54) is 19.2 Å². The molecule has 30 heavy (non-hydrogen) atoms. The summed E-state index contributed by atoms with van der Waals surface area (Å²) in [6.45, 7) is 10.8. The van der Waals surface area contributed by atoms with Gasteiger partial charge in [0.25, 0.3) is 5.91 Å². The summed E-state index contributed by atoms with van der Waals surface area (Å²) in [6, 6.07) is 2.68. The van der Waals surface area contributed by atoms with Gasteiger partial charge in [0.1, 0.15) is 0 Å². The fraction of sp³-hybridized carbons (Fsp3) is 0.364. The lowest BCUT2D eigenvalue weighted by atomic mass is 9.90. The Labute approximate surface area is 175 Å². The van der Waals surface area contributed by atoms with Crippen LogP contribution in [-0.2, 0) is 9.53 Å². The number of methoxy groups -OCH3 is 1. The molecule has 0 atom stereocenters. The van der Waals surface area contributed by atoms with Crippen LogP contribution in [0.25, 0.3) is 0 Å². The molecule has 0 aliphatic carbocycles. The van der Waals surface area contributed by atoms with Crippen molar-refractivity contribution < 1.29 is 24.0 Å². The molecule has 1 N–H and O–H groups in total. The van der Waals surface area contributed by atoms with Crippen LogP contribution in [0.2, 0.25) is 0 Å². The molecule has 0 heterocycles. The zero-order chi connectivity index (χ0) is 22.7. The number of nitrogens with zero attached hydrogens (tertiary/aromatic N) is 1. The fourth-order valence-corrected chi connectivity index (χ4v) is 3.31. The van der Waals surface area contributed by atoms with Crippen LogP contribution in [0.15, 0.2) is 12.1 Å². The lowest BCUT2D eigenvalue weighted by molar-refractivity contribution is -0.385. The predicted molar refractivity (Wildman–Crippen MR) is 113 cm³/mol. The van der Waals surface area contributed by atoms with Gasteiger partial charge in [-0.05, 0) is 74.9 Å². The van der Waals surface area contributed by atoms with Gasteiger partial charge in [-0.25, -0.2) is 4.79 Å². The minimum atomic E-state index is -0.565. The molecular weight excluding hydrogens is 388 g/mol. The highest BCUT2D eigenvalue weighted by molar-refractivity contribution is 5.98. The number of anilines is 1. The van der Waals surface area contributed by atoms with Crippen LogP contribution < -0.4 is 10.1 Å². The third-order valence-electron chi connectivity index (χ3n) is 5.54. The van der Waals surface area contributed by atoms with Gasteiger partial charge >= 0.3 is 11.7 Å². The molecule has 2 aromatic carbocycles. The van der Waals surface area contributed by atoms with Gasteiger partial charge in [0.15, 0.2) is 12.4 Å². The number of rotatable bonds is 6. The first kappa shape index (κ1) is 22.9. The molecule has 0 aliphatic heterocycles. The number of hydrogen-bond acceptors (Lipinski definition) is 6. The van der Waals surface area contributed by atoms with Crippen molar-refractivity contribution in [2.45, 2.75) is 41.5 Å². The monoisotopic (exact) mass is 414 g/mol. The first-order valence-electron chi connectivity index (χ1n) is 9.36. The average Bonchev–Trinajstić information content (AvgIpc) is 2.70. The second-order valence-electron chi connectivity index (χ2n) is 7.22. The number of amides is 1. The van der Waals surface area contributed by atoms with E-state index < -0.39 is 23.4 Å². The van der Waals surface area contributed by atoms with E-state index in [2.05, 4.69) is 5.32 Å². The minimum Gasteiger partial charge on any atom is -0.490 e. The largest absolute Gasteiger partial charge is 0.490 e. The van der Waals surface area contributed by atoms with E-state index in [0.29, 0.717) is 16.8 Å². The van der Waals surface area contributed by atoms with Crippen LogP contribution in [0.1, 0.15) is 43.7 Å². The highest BCUT2D eigenvalue weighted by Gasteiger charge is 2.21. The lowest BCUT2D eigenvalue weighted by Gasteiger charge is -2.17. The van der Waals surface area contributed by atoms with Crippen molar-refractivity contribution in [2.24, 2.45) is 0 Å². The van der Waals surface area contributed by atoms with Crippen molar-refractivity contribution in [2.75, 3.05) is 19.0 Å². The Morgan fingerprint density at radius 2 is 1.50 bits per heavy atom. The van der Waals surface area contributed by atoms with E-state index >= 15 is 0 Å². The summed E-state index contributed by atoms with van der Waals surface area (Å²) in [5.74, 6) is -1.10. The van der Waals surface area contributed by atoms with Crippen molar-refractivity contribution in [3.05, 3.63) is 61.2 Å². The second kappa shape index (κ2) is 8.94. The SMILES string of the molecule is COc1cc(NC(=O)COC(=O)c2c(C)c(C)c(C)c(C)c2C)c(C)cc1[N+](=O)[O-]. The first-order chi connectivity index (χ1) is 14.0. The topological polar surface area (TPSA) is 108 Å². The van der Waals surface area contributed by atoms with Gasteiger partial charge in [-0.1, -0.05) is 0 Å². The zero-order valence-electron chi connectivity index (χ0n) is 18.3. The number of nitrogens with one attached hydrogen (secondary N) is 1. The van der Waals surface area contributed by atoms with Gasteiger partial charge in [-0.3, -0.25) is 14.9 Å². The third-order valence-corrected chi connectivity index (χ3v) is 5.54. The first-order valence-corrected chi connectivity index (χ1v) is 9.36. The number of nitro benzene ring substituents is 1. The van der Waals surface area contributed by atoms with Crippen molar-refractivity contribution in [3.8, 4) is 5.75 Å². The molecule has 8 nitrogen and oxygen atoms in total. The maximum absolute atomic E-state index is 12.6. The summed E-state index contributed by atoms with van der Waals surface area (Å²) in [5, 5.41) is 13.7. The van der Waals surface area contributed by atoms with Gasteiger partial charge in [0, 0.05) is 17.8 Å². The standard InChI is InChI=1S/C22H26N2O6/c1-11-8-18(24(27)28)19(29-7)9-17(11)23-20(25)10-30-22(26)21-15(5)13(3)12(2)14(4)16(21)6/h8-9H,10H2,1-7H3,(H,23,25). The number of carbonyl (C=O) groups is 2. The van der Waals surface area contributed by atoms with E-state index in [1.807, 2.05) is 34.6 Å². The van der Waals surface area contributed by atoms with Gasteiger partial charge < -0.3 is 14.8 Å². The maximum atomic E-state index is 12.6. The zero-order valence-corrected chi connectivity index (χ0v) is 18.3. The van der Waals surface area contributed by atoms with Crippen LogP contribution in [0, 0.1) is 51.7 Å². The molecule has 8 heteroatoms. The molecule has 0 aromatic heterocycles. The summed E-state index contributed by atoms with van der Waals surface area (Å²) in [4.78, 5) is 35.5. The molecule has 0 radical (unpaired) electrons. The molecule has 0 fully saturated rings. The Bertz CT molecular complexity index is 1010. The van der Waals surface area contributed by atoms with Gasteiger partial charge in [-0.2, -0.15) is 0 Å². The molecule has 0 unspecified atom stereocenters. The van der Waals surface area contributed by atoms with Gasteiger partial charge in [0.2, 0.25) is 0 Å². The number of esters is 1. The molecular formula is C22H26N2O6. The summed E-state index contributed by atoms with van der Waals surface area (Å²) in [7, 11) is 1.31. The number of hydrogen-bond donors (Lipinski definition) is 1. The van der Waals surface area contributed by atoms with E-state index in [4.69, 9.17) is 9.47 Å². The normalized spacial score (nSPS) is 10.5. The highest BCUT2D eigenvalue weighted by atomic mass is 16.6. The fourth-order valence-electron chi connectivity index (χ4n) is 3.31. The molecule has 160 valence electrons. The highest BCUT2D eigenvalue weighted by Crippen LogP contribution is 2.32. The van der Waals surface area contributed by atoms with Crippen molar-refractivity contribution in [1.82, 2.24) is 0 Å². The van der Waals surface area contributed by atoms with Crippen LogP contribution >= 0.6 is 0 Å². The van der Waals surface area contributed by atoms with Gasteiger partial charge in [0.05, 0.1) is 17.6 Å². The van der Waals surface area contributed by atoms with E-state index in [0.717, 1.165) is 27.8 Å². The number of benzene rings is 2. The summed E-state index contributed by atoms with van der Waals surface area (Å²) < 4.78 is 10.3. The number of aryl methyl sites for hydroxylation is 1. The Morgan fingerprint density at radius 3 is 2.00 bits per heavy atom. The van der Waals surface area contributed by atoms with E-state index in [-0.39, 0.29) is 11.4 Å². The summed E-state index contributed by atoms with van der Waals surface area (Å²) >= 11 is 0. The van der Waals surface area contributed by atoms with Crippen LogP contribution in [0.5, 0.6) is 5.75 Å². The maximum Gasteiger partial charge on any atom is 0.339 e. The molecule has 2 rings (SSSR count). The van der Waals surface area contributed by atoms with Crippen LogP contribution in [0.4, 0.5) is 11.4 Å². The third kappa shape index (κ3) is 4.42. The number of carbonyl (C=O) groups excluding carboxylic acids is 2. The Morgan fingerprint density at radius 1 is 0.967 bits per heavy atom. The van der Waals surface area contributed by atoms with Crippen molar-refractivity contribution in [1.29, 1.82) is 0 Å². The van der Waals surface area contributed by atoms with E-state index in [1.54, 1.807) is 6.92 Å². The summed E-state index contributed by atoms with van der Waals surface area (Å²) in [6.07, 6.45) is 0. The molecule has 0 saturated carbocycles. The van der Waals surface area contributed by atoms with E-state index in [9.17, 15) is 19.7 Å². The lowest BCUT2D eigenvalue weighted by Crippen LogP contribution is -2.22. The Balaban J connectivity index is 2.16. The molecule has 0 aliphatic rings. The predicted octanol–water partition coefficient (Wildman–Crippen LogP) is 4.25. The number of nitro groups is 1. The molecule has 0 saturated heterocycles. The number of ether oxygens (including phenoxy) is 2. The molecule has 1 amide bonds. The van der Waals surface area contributed by atoms with Crippen molar-refractivity contribution >= 4 is 23.3 Å². The van der Waals surface area contributed by atoms with Crippen LogP contribution in [0.3, 0.4) is 0 Å². The second-order valence-corrected chi connectivity index (χ2v) is 7.22. The molecule has 0 bridgehead atoms.